The largest absolute Gasteiger partial charge is 0.370 e. The predicted octanol–water partition coefficient (Wildman–Crippen LogP) is 3.66. The van der Waals surface area contributed by atoms with Crippen LogP contribution in [0.3, 0.4) is 0 Å². The zero-order valence-corrected chi connectivity index (χ0v) is 13.3. The minimum atomic E-state index is 0.433. The van der Waals surface area contributed by atoms with Gasteiger partial charge in [-0.2, -0.15) is 0 Å². The third kappa shape index (κ3) is 3.41. The zero-order chi connectivity index (χ0) is 14.5. The van der Waals surface area contributed by atoms with E-state index in [4.69, 9.17) is 0 Å². The van der Waals surface area contributed by atoms with Crippen molar-refractivity contribution in [1.29, 1.82) is 0 Å². The Morgan fingerprint density at radius 1 is 1.40 bits per heavy atom. The lowest BCUT2D eigenvalue weighted by Gasteiger charge is -2.34. The number of anilines is 2. The molecule has 0 amide bonds. The molecular weight excluding hydrogens is 248 g/mol. The van der Waals surface area contributed by atoms with Crippen LogP contribution in [0.1, 0.15) is 58.4 Å². The fraction of sp³-hybridized carbons (Fsp3) is 0.750. The summed E-state index contributed by atoms with van der Waals surface area (Å²) in [7, 11) is 0. The molecule has 0 aliphatic carbocycles. The van der Waals surface area contributed by atoms with E-state index in [0.29, 0.717) is 5.92 Å². The van der Waals surface area contributed by atoms with Gasteiger partial charge < -0.3 is 10.2 Å². The molecule has 112 valence electrons. The normalized spacial score (nSPS) is 19.4. The Hall–Kier alpha value is -1.32. The van der Waals surface area contributed by atoms with Crippen LogP contribution in [0.2, 0.25) is 0 Å². The van der Waals surface area contributed by atoms with Crippen molar-refractivity contribution in [3.8, 4) is 0 Å². The Kier molecular flexibility index (Phi) is 5.21. The van der Waals surface area contributed by atoms with E-state index in [9.17, 15) is 0 Å². The van der Waals surface area contributed by atoms with Crippen molar-refractivity contribution in [2.75, 3.05) is 29.9 Å². The van der Waals surface area contributed by atoms with Gasteiger partial charge in [-0.25, -0.2) is 9.97 Å². The minimum Gasteiger partial charge on any atom is -0.370 e. The Morgan fingerprint density at radius 3 is 2.85 bits per heavy atom. The molecular formula is C16H28N4. The van der Waals surface area contributed by atoms with Gasteiger partial charge in [-0.05, 0) is 31.1 Å². The molecule has 2 rings (SSSR count). The fourth-order valence-electron chi connectivity index (χ4n) is 2.94. The SMILES string of the molecule is CCCNc1ncnc(N2CCCC(C)C2)c1C(C)C. The molecule has 4 heteroatoms. The minimum absolute atomic E-state index is 0.433. The highest BCUT2D eigenvalue weighted by Gasteiger charge is 2.23. The van der Waals surface area contributed by atoms with Crippen LogP contribution in [0.5, 0.6) is 0 Å². The second-order valence-corrected chi connectivity index (χ2v) is 6.23. The molecule has 0 aromatic carbocycles. The summed E-state index contributed by atoms with van der Waals surface area (Å²) in [6, 6.07) is 0. The summed E-state index contributed by atoms with van der Waals surface area (Å²) in [4.78, 5) is 11.5. The molecule has 1 aromatic heterocycles. The Bertz CT molecular complexity index is 430. The molecule has 1 N–H and O–H groups in total. The van der Waals surface area contributed by atoms with Crippen LogP contribution in [0.25, 0.3) is 0 Å². The van der Waals surface area contributed by atoms with E-state index in [-0.39, 0.29) is 0 Å². The summed E-state index contributed by atoms with van der Waals surface area (Å²) in [5.41, 5.74) is 1.27. The Morgan fingerprint density at radius 2 is 2.20 bits per heavy atom. The molecule has 1 atom stereocenters. The van der Waals surface area contributed by atoms with Crippen molar-refractivity contribution in [2.24, 2.45) is 5.92 Å². The van der Waals surface area contributed by atoms with Crippen LogP contribution in [0.4, 0.5) is 11.6 Å². The molecule has 1 unspecified atom stereocenters. The first-order valence-corrected chi connectivity index (χ1v) is 7.97. The van der Waals surface area contributed by atoms with Crippen LogP contribution >= 0.6 is 0 Å². The van der Waals surface area contributed by atoms with E-state index in [2.05, 4.69) is 47.9 Å². The topological polar surface area (TPSA) is 41.1 Å². The number of hydrogen-bond donors (Lipinski definition) is 1. The van der Waals surface area contributed by atoms with Gasteiger partial charge in [0.2, 0.25) is 0 Å². The standard InChI is InChI=1S/C16H28N4/c1-5-8-17-15-14(12(2)3)16(19-11-18-15)20-9-6-7-13(4)10-20/h11-13H,5-10H2,1-4H3,(H,17,18,19). The lowest BCUT2D eigenvalue weighted by Crippen LogP contribution is -2.35. The van der Waals surface area contributed by atoms with E-state index in [1.807, 2.05) is 0 Å². The van der Waals surface area contributed by atoms with Gasteiger partial charge in [0.15, 0.2) is 0 Å². The molecule has 1 aliphatic rings. The van der Waals surface area contributed by atoms with E-state index < -0.39 is 0 Å². The first-order chi connectivity index (χ1) is 9.63. The lowest BCUT2D eigenvalue weighted by atomic mass is 9.98. The molecule has 0 radical (unpaired) electrons. The lowest BCUT2D eigenvalue weighted by molar-refractivity contribution is 0.443. The van der Waals surface area contributed by atoms with Crippen molar-refractivity contribution in [1.82, 2.24) is 9.97 Å². The third-order valence-electron chi connectivity index (χ3n) is 3.94. The van der Waals surface area contributed by atoms with E-state index >= 15 is 0 Å². The zero-order valence-electron chi connectivity index (χ0n) is 13.3. The van der Waals surface area contributed by atoms with Gasteiger partial charge >= 0.3 is 0 Å². The Balaban J connectivity index is 2.31. The summed E-state index contributed by atoms with van der Waals surface area (Å²) < 4.78 is 0. The van der Waals surface area contributed by atoms with Crippen molar-refractivity contribution in [2.45, 2.75) is 52.9 Å². The van der Waals surface area contributed by atoms with Crippen molar-refractivity contribution in [3.05, 3.63) is 11.9 Å². The number of hydrogen-bond acceptors (Lipinski definition) is 4. The van der Waals surface area contributed by atoms with Gasteiger partial charge in [0.05, 0.1) is 0 Å². The molecule has 20 heavy (non-hydrogen) atoms. The maximum absolute atomic E-state index is 4.60. The van der Waals surface area contributed by atoms with E-state index in [1.165, 1.54) is 18.4 Å². The van der Waals surface area contributed by atoms with Crippen LogP contribution in [-0.2, 0) is 0 Å². The quantitative estimate of drug-likeness (QED) is 0.891. The average molecular weight is 276 g/mol. The Labute approximate surface area is 123 Å². The molecule has 1 aliphatic heterocycles. The molecule has 1 aromatic rings. The van der Waals surface area contributed by atoms with Gasteiger partial charge in [-0.1, -0.05) is 27.7 Å². The van der Waals surface area contributed by atoms with Gasteiger partial charge in [-0.3, -0.25) is 0 Å². The van der Waals surface area contributed by atoms with E-state index in [1.54, 1.807) is 6.33 Å². The highest BCUT2D eigenvalue weighted by atomic mass is 15.2. The summed E-state index contributed by atoms with van der Waals surface area (Å²) in [5, 5.41) is 3.46. The maximum Gasteiger partial charge on any atom is 0.137 e. The number of piperidine rings is 1. The van der Waals surface area contributed by atoms with Gasteiger partial charge in [0, 0.05) is 25.2 Å². The number of nitrogens with zero attached hydrogens (tertiary/aromatic N) is 3. The average Bonchev–Trinajstić information content (AvgIpc) is 2.44. The summed E-state index contributed by atoms with van der Waals surface area (Å²) in [6.45, 7) is 12.2. The monoisotopic (exact) mass is 276 g/mol. The second kappa shape index (κ2) is 6.91. The van der Waals surface area contributed by atoms with Crippen molar-refractivity contribution >= 4 is 11.6 Å². The van der Waals surface area contributed by atoms with Crippen LogP contribution in [0, 0.1) is 5.92 Å². The predicted molar refractivity (Wildman–Crippen MR) is 85.5 cm³/mol. The number of nitrogens with one attached hydrogen (secondary N) is 1. The maximum atomic E-state index is 4.60. The fourth-order valence-corrected chi connectivity index (χ4v) is 2.94. The van der Waals surface area contributed by atoms with Gasteiger partial charge in [0.25, 0.3) is 0 Å². The van der Waals surface area contributed by atoms with Crippen LogP contribution in [0.15, 0.2) is 6.33 Å². The number of rotatable bonds is 5. The van der Waals surface area contributed by atoms with Gasteiger partial charge in [0.1, 0.15) is 18.0 Å². The van der Waals surface area contributed by atoms with Crippen LogP contribution in [-0.4, -0.2) is 29.6 Å². The van der Waals surface area contributed by atoms with Crippen molar-refractivity contribution in [3.63, 3.8) is 0 Å². The molecule has 1 saturated heterocycles. The number of aromatic nitrogens is 2. The van der Waals surface area contributed by atoms with Crippen LogP contribution < -0.4 is 10.2 Å². The van der Waals surface area contributed by atoms with Crippen molar-refractivity contribution < 1.29 is 0 Å². The molecule has 0 bridgehead atoms. The molecule has 2 heterocycles. The summed E-state index contributed by atoms with van der Waals surface area (Å²) >= 11 is 0. The highest BCUT2D eigenvalue weighted by molar-refractivity contribution is 5.60. The molecule has 0 spiro atoms. The van der Waals surface area contributed by atoms with Gasteiger partial charge in [-0.15, -0.1) is 0 Å². The second-order valence-electron chi connectivity index (χ2n) is 6.23. The molecule has 4 nitrogen and oxygen atoms in total. The first kappa shape index (κ1) is 15.1. The van der Waals surface area contributed by atoms with E-state index in [0.717, 1.165) is 43.6 Å². The smallest absolute Gasteiger partial charge is 0.137 e. The third-order valence-corrected chi connectivity index (χ3v) is 3.94. The summed E-state index contributed by atoms with van der Waals surface area (Å²) in [6.07, 6.45) is 5.41. The molecule has 1 fully saturated rings. The summed E-state index contributed by atoms with van der Waals surface area (Å²) in [5.74, 6) is 3.35. The first-order valence-electron chi connectivity index (χ1n) is 7.97. The molecule has 0 saturated carbocycles. The highest BCUT2D eigenvalue weighted by Crippen LogP contribution is 2.32.